The topological polar surface area (TPSA) is 49.3 Å². The minimum atomic E-state index is -0.369. The van der Waals surface area contributed by atoms with Gasteiger partial charge in [-0.1, -0.05) is 17.7 Å². The van der Waals surface area contributed by atoms with Crippen molar-refractivity contribution in [3.63, 3.8) is 0 Å². The molecule has 2 N–H and O–H groups in total. The fraction of sp³-hybridized carbons (Fsp3) is 0. The number of phenolic OH excluding ortho intramolecular Hbond substituents is 1. The Morgan fingerprint density at radius 2 is 2.00 bits per heavy atom. The predicted octanol–water partition coefficient (Wildman–Crippen LogP) is 3.90. The smallest absolute Gasteiger partial charge is 0.259 e. The third-order valence-electron chi connectivity index (χ3n) is 2.29. The standard InChI is InChI=1S/C13H9ClINO2/c14-8-4-5-11(12(17)6-8)13(18)16-10-3-1-2-9(15)7-10/h1-7,17H,(H,16,18). The highest BCUT2D eigenvalue weighted by Gasteiger charge is 2.11. The second-order valence-corrected chi connectivity index (χ2v) is 5.31. The summed E-state index contributed by atoms with van der Waals surface area (Å²) in [5.41, 5.74) is 0.875. The van der Waals surface area contributed by atoms with Crippen LogP contribution in [0.3, 0.4) is 0 Å². The summed E-state index contributed by atoms with van der Waals surface area (Å²) in [6.07, 6.45) is 0. The van der Waals surface area contributed by atoms with Gasteiger partial charge in [0.1, 0.15) is 5.75 Å². The molecule has 0 aliphatic carbocycles. The van der Waals surface area contributed by atoms with E-state index in [9.17, 15) is 9.90 Å². The molecule has 3 nitrogen and oxygen atoms in total. The molecule has 0 heterocycles. The molecule has 1 amide bonds. The van der Waals surface area contributed by atoms with E-state index in [0.717, 1.165) is 3.57 Å². The van der Waals surface area contributed by atoms with Gasteiger partial charge >= 0.3 is 0 Å². The van der Waals surface area contributed by atoms with Gasteiger partial charge in [-0.2, -0.15) is 0 Å². The summed E-state index contributed by atoms with van der Waals surface area (Å²) in [5, 5.41) is 12.7. The molecule has 18 heavy (non-hydrogen) atoms. The van der Waals surface area contributed by atoms with Crippen molar-refractivity contribution in [3.8, 4) is 5.75 Å². The van der Waals surface area contributed by atoms with Crippen LogP contribution in [0.5, 0.6) is 5.75 Å². The number of aromatic hydroxyl groups is 1. The molecule has 0 aliphatic heterocycles. The van der Waals surface area contributed by atoms with Crippen LogP contribution in [0.25, 0.3) is 0 Å². The van der Waals surface area contributed by atoms with E-state index in [1.807, 2.05) is 18.2 Å². The molecule has 0 saturated carbocycles. The monoisotopic (exact) mass is 373 g/mol. The quantitative estimate of drug-likeness (QED) is 0.784. The SMILES string of the molecule is O=C(Nc1cccc(I)c1)c1ccc(Cl)cc1O. The number of carbonyl (C=O) groups excluding carboxylic acids is 1. The summed E-state index contributed by atoms with van der Waals surface area (Å²) >= 11 is 7.87. The van der Waals surface area contributed by atoms with Gasteiger partial charge in [-0.15, -0.1) is 0 Å². The Hall–Kier alpha value is -1.27. The summed E-state index contributed by atoms with van der Waals surface area (Å²) in [4.78, 5) is 11.9. The van der Waals surface area contributed by atoms with Gasteiger partial charge in [0.25, 0.3) is 5.91 Å². The molecule has 0 aromatic heterocycles. The van der Waals surface area contributed by atoms with Gasteiger partial charge < -0.3 is 10.4 Å². The van der Waals surface area contributed by atoms with E-state index < -0.39 is 0 Å². The number of halogens is 2. The van der Waals surface area contributed by atoms with Crippen molar-refractivity contribution in [2.24, 2.45) is 0 Å². The van der Waals surface area contributed by atoms with Gasteiger partial charge in [-0.25, -0.2) is 0 Å². The molecule has 0 atom stereocenters. The third-order valence-corrected chi connectivity index (χ3v) is 3.19. The van der Waals surface area contributed by atoms with Gasteiger partial charge in [0, 0.05) is 14.3 Å². The number of phenols is 1. The van der Waals surface area contributed by atoms with E-state index in [1.165, 1.54) is 12.1 Å². The molecule has 0 spiro atoms. The zero-order chi connectivity index (χ0) is 13.1. The van der Waals surface area contributed by atoms with Crippen LogP contribution in [-0.2, 0) is 0 Å². The molecule has 0 fully saturated rings. The number of hydrogen-bond donors (Lipinski definition) is 2. The van der Waals surface area contributed by atoms with Crippen LogP contribution in [0.2, 0.25) is 5.02 Å². The highest BCUT2D eigenvalue weighted by atomic mass is 127. The first-order valence-electron chi connectivity index (χ1n) is 5.12. The first-order valence-corrected chi connectivity index (χ1v) is 6.57. The van der Waals surface area contributed by atoms with Crippen molar-refractivity contribution >= 4 is 45.8 Å². The maximum absolute atomic E-state index is 11.9. The second-order valence-electron chi connectivity index (χ2n) is 3.63. The second kappa shape index (κ2) is 5.58. The van der Waals surface area contributed by atoms with Crippen molar-refractivity contribution < 1.29 is 9.90 Å². The fourth-order valence-corrected chi connectivity index (χ4v) is 2.17. The number of amides is 1. The van der Waals surface area contributed by atoms with E-state index in [0.29, 0.717) is 10.7 Å². The summed E-state index contributed by atoms with van der Waals surface area (Å²) in [6.45, 7) is 0. The number of hydrogen-bond acceptors (Lipinski definition) is 2. The van der Waals surface area contributed by atoms with Crippen LogP contribution in [-0.4, -0.2) is 11.0 Å². The molecule has 2 rings (SSSR count). The highest BCUT2D eigenvalue weighted by Crippen LogP contribution is 2.23. The van der Waals surface area contributed by atoms with E-state index in [-0.39, 0.29) is 17.2 Å². The Balaban J connectivity index is 2.22. The number of carbonyl (C=O) groups is 1. The Kier molecular flexibility index (Phi) is 4.08. The zero-order valence-corrected chi connectivity index (χ0v) is 12.1. The molecule has 0 bridgehead atoms. The van der Waals surface area contributed by atoms with Gasteiger partial charge in [0.15, 0.2) is 0 Å². The molecule has 92 valence electrons. The molecular weight excluding hydrogens is 365 g/mol. The highest BCUT2D eigenvalue weighted by molar-refractivity contribution is 14.1. The Labute approximate surface area is 123 Å². The van der Waals surface area contributed by atoms with Gasteiger partial charge in [0.05, 0.1) is 5.56 Å². The lowest BCUT2D eigenvalue weighted by Crippen LogP contribution is -2.12. The zero-order valence-electron chi connectivity index (χ0n) is 9.15. The Morgan fingerprint density at radius 3 is 2.67 bits per heavy atom. The van der Waals surface area contributed by atoms with Crippen molar-refractivity contribution in [2.75, 3.05) is 5.32 Å². The van der Waals surface area contributed by atoms with E-state index in [4.69, 9.17) is 11.6 Å². The lowest BCUT2D eigenvalue weighted by atomic mass is 10.2. The number of benzene rings is 2. The summed E-state index contributed by atoms with van der Waals surface area (Å²) in [7, 11) is 0. The van der Waals surface area contributed by atoms with E-state index in [1.54, 1.807) is 12.1 Å². The van der Waals surface area contributed by atoms with Crippen LogP contribution in [0, 0.1) is 3.57 Å². The maximum atomic E-state index is 11.9. The van der Waals surface area contributed by atoms with Crippen LogP contribution < -0.4 is 5.32 Å². The fourth-order valence-electron chi connectivity index (χ4n) is 1.46. The molecule has 2 aromatic carbocycles. The largest absolute Gasteiger partial charge is 0.507 e. The van der Waals surface area contributed by atoms with Gasteiger partial charge in [0.2, 0.25) is 0 Å². The minimum absolute atomic E-state index is 0.134. The molecular formula is C13H9ClINO2. The molecule has 0 aliphatic rings. The average molecular weight is 374 g/mol. The Bertz CT molecular complexity index is 601. The van der Waals surface area contributed by atoms with E-state index in [2.05, 4.69) is 27.9 Å². The summed E-state index contributed by atoms with van der Waals surface area (Å²) in [5.74, 6) is -0.503. The molecule has 0 radical (unpaired) electrons. The van der Waals surface area contributed by atoms with Crippen molar-refractivity contribution in [1.29, 1.82) is 0 Å². The van der Waals surface area contributed by atoms with Crippen molar-refractivity contribution in [3.05, 3.63) is 56.6 Å². The van der Waals surface area contributed by atoms with Gasteiger partial charge in [-0.3, -0.25) is 4.79 Å². The van der Waals surface area contributed by atoms with Crippen molar-refractivity contribution in [2.45, 2.75) is 0 Å². The third kappa shape index (κ3) is 3.14. The maximum Gasteiger partial charge on any atom is 0.259 e. The number of nitrogens with one attached hydrogen (secondary N) is 1. The molecule has 0 saturated heterocycles. The van der Waals surface area contributed by atoms with Crippen LogP contribution >= 0.6 is 34.2 Å². The van der Waals surface area contributed by atoms with Gasteiger partial charge in [-0.05, 0) is 59.0 Å². The molecule has 0 unspecified atom stereocenters. The van der Waals surface area contributed by atoms with E-state index >= 15 is 0 Å². The summed E-state index contributed by atoms with van der Waals surface area (Å²) < 4.78 is 1.02. The summed E-state index contributed by atoms with van der Waals surface area (Å²) in [6, 6.07) is 11.8. The average Bonchev–Trinajstić information content (AvgIpc) is 2.28. The lowest BCUT2D eigenvalue weighted by molar-refractivity contribution is 0.102. The Morgan fingerprint density at radius 1 is 1.22 bits per heavy atom. The molecule has 2 aromatic rings. The predicted molar refractivity (Wildman–Crippen MR) is 80.2 cm³/mol. The van der Waals surface area contributed by atoms with Crippen LogP contribution in [0.15, 0.2) is 42.5 Å². The number of rotatable bonds is 2. The lowest BCUT2D eigenvalue weighted by Gasteiger charge is -2.07. The number of anilines is 1. The normalized spacial score (nSPS) is 10.1. The van der Waals surface area contributed by atoms with Crippen molar-refractivity contribution in [1.82, 2.24) is 0 Å². The first-order chi connectivity index (χ1) is 8.56. The van der Waals surface area contributed by atoms with Crippen LogP contribution in [0.1, 0.15) is 10.4 Å². The minimum Gasteiger partial charge on any atom is -0.507 e. The van der Waals surface area contributed by atoms with Crippen LogP contribution in [0.4, 0.5) is 5.69 Å². The first kappa shape index (κ1) is 13.2. The molecule has 5 heteroatoms.